The molecule has 16 aromatic rings. The van der Waals surface area contributed by atoms with Crippen molar-refractivity contribution in [2.45, 2.75) is 61.3 Å². The van der Waals surface area contributed by atoms with E-state index in [1.54, 1.807) is 49.6 Å². The van der Waals surface area contributed by atoms with Gasteiger partial charge in [-0.15, -0.1) is 143 Å². The molecule has 0 saturated heterocycles. The number of rotatable bonds is 8. The van der Waals surface area contributed by atoms with E-state index in [4.69, 9.17) is 44.6 Å². The topological polar surface area (TPSA) is 204 Å². The van der Waals surface area contributed by atoms with Gasteiger partial charge >= 0.3 is 66.0 Å². The summed E-state index contributed by atoms with van der Waals surface area (Å²) in [6.45, 7) is 28.1. The SMILES string of the molecule is C.[C-]#Cc1ccc(C(C)(C)C)cc1.[C-]#Cc1ccccc1.[C-]#[N+]c1c(C)cccc1C.[C-]#[N+]c1c(C)cccc1C.[Ni+2].[Ni+2].[Ni+2].[Ni+2].[O-][Cl+3]([O-])([O-])[O-].[c-]1c(-c2ccccn2)cccc1-c1ccccn1.[c-]1c(-c2ccccn2)cccc1-c1ccccn1.[c-]1c(-c2ccccn2)cccc1-c1ccccn1.[c-]1c(-c2ccccn2)cccc1-c1ccccn1. The molecule has 122 heavy (non-hydrogen) atoms. The van der Waals surface area contributed by atoms with Crippen LogP contribution in [0.4, 0.5) is 11.4 Å². The summed E-state index contributed by atoms with van der Waals surface area (Å²) in [5, 5.41) is 0. The Morgan fingerprint density at radius 2 is 0.451 bits per heavy atom. The van der Waals surface area contributed by atoms with Gasteiger partial charge in [0.1, 0.15) is 0 Å². The smallest absolute Gasteiger partial charge is 0.366 e. The van der Waals surface area contributed by atoms with Gasteiger partial charge in [-0.1, -0.05) is 236 Å². The first-order chi connectivity index (χ1) is 56.7. The van der Waals surface area contributed by atoms with Gasteiger partial charge in [0, 0.05) is 95.1 Å². The predicted molar refractivity (Wildman–Crippen MR) is 462 cm³/mol. The molecule has 0 amide bonds. The summed E-state index contributed by atoms with van der Waals surface area (Å²) in [4.78, 5) is 41.5. The van der Waals surface area contributed by atoms with Crippen LogP contribution < -0.4 is 18.6 Å². The van der Waals surface area contributed by atoms with E-state index in [9.17, 15) is 0 Å². The quantitative estimate of drug-likeness (QED) is 0.0792. The van der Waals surface area contributed by atoms with Crippen LogP contribution in [0.15, 0.2) is 359 Å². The number of hydrogen-bond donors (Lipinski definition) is 0. The minimum atomic E-state index is -4.94. The van der Waals surface area contributed by atoms with Crippen LogP contribution >= 0.6 is 0 Å². The van der Waals surface area contributed by atoms with Gasteiger partial charge in [0.05, 0.1) is 13.1 Å². The molecule has 0 fully saturated rings. The Labute approximate surface area is 761 Å². The van der Waals surface area contributed by atoms with Crippen LogP contribution in [-0.4, -0.2) is 39.9 Å². The molecule has 0 aliphatic rings. The van der Waals surface area contributed by atoms with Gasteiger partial charge in [0.2, 0.25) is 0 Å². The fourth-order valence-corrected chi connectivity index (χ4v) is 10.8. The third-order valence-electron chi connectivity index (χ3n) is 16.6. The van der Waals surface area contributed by atoms with E-state index >= 15 is 0 Å². The van der Waals surface area contributed by atoms with Crippen LogP contribution in [0.2, 0.25) is 0 Å². The Bertz CT molecular complexity index is 5030. The molecular weight excluding hydrogens is 1710 g/mol. The van der Waals surface area contributed by atoms with E-state index in [-0.39, 0.29) is 78.8 Å². The van der Waals surface area contributed by atoms with Crippen molar-refractivity contribution in [2.75, 3.05) is 0 Å². The molecule has 0 radical (unpaired) electrons. The summed E-state index contributed by atoms with van der Waals surface area (Å²) in [5.41, 5.74) is 24.3. The van der Waals surface area contributed by atoms with Crippen molar-refractivity contribution >= 4 is 11.4 Å². The van der Waals surface area contributed by atoms with Crippen molar-refractivity contribution < 1.29 is 94.8 Å². The maximum atomic E-state index is 8.49. The monoisotopic (exact) mass is 1790 g/mol. The first-order valence-electron chi connectivity index (χ1n) is 36.6. The number of benzene rings is 8. The molecule has 0 aliphatic carbocycles. The van der Waals surface area contributed by atoms with Crippen LogP contribution in [0.3, 0.4) is 0 Å². The zero-order valence-corrected chi connectivity index (χ0v) is 71.5. The number of hydrogen-bond acceptors (Lipinski definition) is 12. The standard InChI is InChI=1S/4C16H11N2.C12H13.2C9H9N.C8H5.CH4.ClHO4.4Ni/c4*1-3-10-17-15(8-1)13-6-5-7-14(12-13)16-9-2-4-11-18-16;1-5-10-6-8-11(9-7-10)12(2,3)4;2*1-7-5-4-6-8(2)9(7)10-3;1-2-8-6-4-3-5-7-8;;2-1(3,4)5;;;;/h4*1-11H;6-9H,2-4H3;2*4-6H,1-2H3;3-7H;1H4;(H,2,3,4,5);;;;/q5*-1;;;-1;;;4*+2/p-1. The summed E-state index contributed by atoms with van der Waals surface area (Å²) < 4.78 is 34.0. The molecule has 14 nitrogen and oxygen atoms in total. The van der Waals surface area contributed by atoms with Gasteiger partial charge in [-0.3, -0.25) is 51.7 Å². The van der Waals surface area contributed by atoms with Crippen molar-refractivity contribution in [1.82, 2.24) is 39.9 Å². The molecule has 0 unspecified atom stereocenters. The molecule has 8 aromatic heterocycles. The molecule has 0 spiro atoms. The van der Waals surface area contributed by atoms with E-state index in [0.29, 0.717) is 0 Å². The third-order valence-corrected chi connectivity index (χ3v) is 16.6. The van der Waals surface area contributed by atoms with E-state index < -0.39 is 10.2 Å². The van der Waals surface area contributed by atoms with Crippen molar-refractivity contribution in [3.05, 3.63) is 458 Å². The predicted octanol–water partition coefficient (Wildman–Crippen LogP) is 20.6. The average molecular weight is 1800 g/mol. The summed E-state index contributed by atoms with van der Waals surface area (Å²) in [7, 11) is -4.94. The van der Waals surface area contributed by atoms with E-state index in [2.05, 4.69) is 119 Å². The number of halogens is 1. The molecule has 19 heteroatoms. The van der Waals surface area contributed by atoms with Gasteiger partial charge in [-0.05, 0) is 109 Å². The molecule has 0 saturated carbocycles. The van der Waals surface area contributed by atoms with Crippen LogP contribution in [0.25, 0.3) is 99.7 Å². The second kappa shape index (κ2) is 55.8. The van der Waals surface area contributed by atoms with Crippen LogP contribution in [0, 0.1) is 100 Å². The number of aryl methyl sites for hydroxylation is 4. The number of pyridine rings is 8. The van der Waals surface area contributed by atoms with Crippen LogP contribution in [0.5, 0.6) is 0 Å². The third kappa shape index (κ3) is 36.0. The second-order valence-corrected chi connectivity index (χ2v) is 26.9. The van der Waals surface area contributed by atoms with Gasteiger partial charge < -0.3 is 12.8 Å². The molecular formula is C103H84ClN10Ni4O4+. The van der Waals surface area contributed by atoms with Crippen molar-refractivity contribution in [1.29, 1.82) is 0 Å². The Morgan fingerprint density at radius 1 is 0.270 bits per heavy atom. The van der Waals surface area contributed by atoms with Gasteiger partial charge in [-0.25, -0.2) is 28.3 Å². The Morgan fingerprint density at radius 3 is 0.598 bits per heavy atom. The molecule has 0 atom stereocenters. The number of para-hydroxylation sites is 2. The Kier molecular flexibility index (Phi) is 47.3. The van der Waals surface area contributed by atoms with Gasteiger partial charge in [-0.2, -0.15) is 0 Å². The summed E-state index contributed by atoms with van der Waals surface area (Å²) in [6.07, 6.45) is 27.9. The first kappa shape index (κ1) is 103. The normalized spacial score (nSPS) is 9.57. The maximum absolute atomic E-state index is 8.49. The largest absolute Gasteiger partial charge is 2.00 e. The van der Waals surface area contributed by atoms with Gasteiger partial charge in [0.15, 0.2) is 11.4 Å². The maximum Gasteiger partial charge on any atom is 2.00 e. The van der Waals surface area contributed by atoms with Crippen molar-refractivity contribution in [3.63, 3.8) is 0 Å². The fourth-order valence-electron chi connectivity index (χ4n) is 10.8. The van der Waals surface area contributed by atoms with E-state index in [1.807, 2.05) is 325 Å². The molecule has 16 rings (SSSR count). The first-order valence-corrected chi connectivity index (χ1v) is 37.9. The second-order valence-electron chi connectivity index (χ2n) is 26.2. The summed E-state index contributed by atoms with van der Waals surface area (Å²) in [5.74, 6) is 4.63. The van der Waals surface area contributed by atoms with Crippen molar-refractivity contribution in [2.24, 2.45) is 0 Å². The Balaban J connectivity index is 0.000000360. The van der Waals surface area contributed by atoms with Crippen LogP contribution in [0.1, 0.15) is 67.1 Å². The van der Waals surface area contributed by atoms with Crippen molar-refractivity contribution in [3.8, 4) is 102 Å². The summed E-state index contributed by atoms with van der Waals surface area (Å²) in [6, 6.07) is 114. The van der Waals surface area contributed by atoms with E-state index in [1.165, 1.54) is 5.56 Å². The summed E-state index contributed by atoms with van der Waals surface area (Å²) >= 11 is 0. The number of aromatic nitrogens is 8. The Hall–Kier alpha value is -12.8. The molecule has 0 bridgehead atoms. The molecule has 0 N–H and O–H groups in total. The number of nitrogens with zero attached hydrogens (tertiary/aromatic N) is 10. The molecule has 616 valence electrons. The zero-order chi connectivity index (χ0) is 83.5. The molecule has 8 heterocycles. The van der Waals surface area contributed by atoms with Crippen LogP contribution in [-0.2, 0) is 71.4 Å². The minimum Gasteiger partial charge on any atom is -0.366 e. The van der Waals surface area contributed by atoms with E-state index in [0.717, 1.165) is 135 Å². The fraction of sp³-hybridized carbons (Fsp3) is 0.0874. The molecule has 0 aliphatic heterocycles. The van der Waals surface area contributed by atoms with Gasteiger partial charge in [0.25, 0.3) is 0 Å². The average Bonchev–Trinajstić information content (AvgIpc) is 0.657. The minimum absolute atomic E-state index is 0. The zero-order valence-electron chi connectivity index (χ0n) is 66.8. The molecule has 8 aromatic carbocycles.